The normalized spacial score (nSPS) is 11.9. The smallest absolute Gasteiger partial charge is 0.170 e. The number of nitrogens with zero attached hydrogens (tertiary/aromatic N) is 1. The first-order valence-corrected chi connectivity index (χ1v) is 8.49. The van der Waals surface area contributed by atoms with E-state index in [1.165, 1.54) is 12.1 Å². The Kier molecular flexibility index (Phi) is 6.99. The number of thiocarbonyl (C=S) groups is 1. The van der Waals surface area contributed by atoms with Gasteiger partial charge in [0.1, 0.15) is 11.6 Å². The van der Waals surface area contributed by atoms with E-state index in [0.29, 0.717) is 17.3 Å². The Morgan fingerprint density at radius 1 is 1.28 bits per heavy atom. The molecule has 0 heterocycles. The third kappa shape index (κ3) is 5.56. The lowest BCUT2D eigenvalue weighted by Crippen LogP contribution is -2.36. The fourth-order valence-corrected chi connectivity index (χ4v) is 2.77. The first-order chi connectivity index (χ1) is 11.9. The van der Waals surface area contributed by atoms with E-state index >= 15 is 0 Å². The van der Waals surface area contributed by atoms with Crippen molar-refractivity contribution in [3.05, 3.63) is 58.9 Å². The van der Waals surface area contributed by atoms with Gasteiger partial charge in [0.15, 0.2) is 5.11 Å². The number of ether oxygens (including phenoxy) is 1. The molecule has 0 aliphatic heterocycles. The zero-order chi connectivity index (χ0) is 18.4. The van der Waals surface area contributed by atoms with E-state index in [1.807, 2.05) is 38.4 Å². The largest absolute Gasteiger partial charge is 0.497 e. The second-order valence-corrected chi connectivity index (χ2v) is 6.54. The van der Waals surface area contributed by atoms with Crippen LogP contribution in [0.15, 0.2) is 42.5 Å². The molecule has 0 radical (unpaired) electrons. The van der Waals surface area contributed by atoms with Gasteiger partial charge in [-0.05, 0) is 62.2 Å². The van der Waals surface area contributed by atoms with Crippen molar-refractivity contribution in [3.63, 3.8) is 0 Å². The lowest BCUT2D eigenvalue weighted by Gasteiger charge is -2.26. The summed E-state index contributed by atoms with van der Waals surface area (Å²) in [5.74, 6) is 0.350. The van der Waals surface area contributed by atoms with Crippen LogP contribution < -0.4 is 15.4 Å². The van der Waals surface area contributed by atoms with Crippen molar-refractivity contribution in [2.24, 2.45) is 0 Å². The molecule has 0 fully saturated rings. The van der Waals surface area contributed by atoms with Gasteiger partial charge in [0.05, 0.1) is 18.2 Å². The SMILES string of the molecule is COc1cccc([C@@H](CNC(=S)Nc2ccc(F)c(Cl)c2)N(C)C)c1. The van der Waals surface area contributed by atoms with Crippen LogP contribution in [0.5, 0.6) is 5.75 Å². The molecular weight excluding hydrogens is 361 g/mol. The highest BCUT2D eigenvalue weighted by Gasteiger charge is 2.15. The predicted molar refractivity (Wildman–Crippen MR) is 105 cm³/mol. The zero-order valence-electron chi connectivity index (χ0n) is 14.3. The molecule has 0 amide bonds. The lowest BCUT2D eigenvalue weighted by molar-refractivity contribution is 0.298. The number of hydrogen-bond acceptors (Lipinski definition) is 3. The summed E-state index contributed by atoms with van der Waals surface area (Å²) >= 11 is 11.1. The molecule has 4 nitrogen and oxygen atoms in total. The van der Waals surface area contributed by atoms with Gasteiger partial charge in [-0.25, -0.2) is 4.39 Å². The summed E-state index contributed by atoms with van der Waals surface area (Å²) in [5, 5.41) is 6.68. The molecule has 2 aromatic rings. The molecule has 0 saturated carbocycles. The van der Waals surface area contributed by atoms with Gasteiger partial charge >= 0.3 is 0 Å². The van der Waals surface area contributed by atoms with Crippen molar-refractivity contribution >= 4 is 34.6 Å². The number of anilines is 1. The molecule has 0 spiro atoms. The van der Waals surface area contributed by atoms with Crippen molar-refractivity contribution < 1.29 is 9.13 Å². The van der Waals surface area contributed by atoms with Crippen LogP contribution in [0.25, 0.3) is 0 Å². The summed E-state index contributed by atoms with van der Waals surface area (Å²) in [5.41, 5.74) is 1.75. The van der Waals surface area contributed by atoms with E-state index in [1.54, 1.807) is 13.2 Å². The van der Waals surface area contributed by atoms with Crippen molar-refractivity contribution in [2.45, 2.75) is 6.04 Å². The van der Waals surface area contributed by atoms with Crippen LogP contribution in [0.1, 0.15) is 11.6 Å². The number of rotatable bonds is 6. The Balaban J connectivity index is 2.00. The number of benzene rings is 2. The molecule has 134 valence electrons. The minimum absolute atomic E-state index is 0.0512. The standard InChI is InChI=1S/C18H21ClFN3OS/c1-23(2)17(12-5-4-6-14(9-12)24-3)11-21-18(25)22-13-7-8-16(20)15(19)10-13/h4-10,17H,11H2,1-3H3,(H2,21,22,25)/t17-/m1/s1. The van der Waals surface area contributed by atoms with Crippen LogP contribution >= 0.6 is 23.8 Å². The van der Waals surface area contributed by atoms with Crippen LogP contribution in [0.4, 0.5) is 10.1 Å². The molecule has 0 saturated heterocycles. The highest BCUT2D eigenvalue weighted by atomic mass is 35.5. The van der Waals surface area contributed by atoms with Gasteiger partial charge in [-0.1, -0.05) is 23.7 Å². The number of likely N-dealkylation sites (N-methyl/N-ethyl adjacent to an activating group) is 1. The zero-order valence-corrected chi connectivity index (χ0v) is 15.9. The molecule has 2 rings (SSSR count). The molecular formula is C18H21ClFN3OS. The lowest BCUT2D eigenvalue weighted by atomic mass is 10.1. The first kappa shape index (κ1) is 19.4. The summed E-state index contributed by atoms with van der Waals surface area (Å²) in [4.78, 5) is 2.10. The molecule has 25 heavy (non-hydrogen) atoms. The highest BCUT2D eigenvalue weighted by Crippen LogP contribution is 2.22. The van der Waals surface area contributed by atoms with Gasteiger partial charge in [-0.2, -0.15) is 0 Å². The van der Waals surface area contributed by atoms with Crippen LogP contribution in [-0.4, -0.2) is 37.8 Å². The summed E-state index contributed by atoms with van der Waals surface area (Å²) in [6.07, 6.45) is 0. The third-order valence-electron chi connectivity index (χ3n) is 3.74. The van der Waals surface area contributed by atoms with E-state index in [4.69, 9.17) is 28.6 Å². The van der Waals surface area contributed by atoms with Crippen molar-refractivity contribution in [1.29, 1.82) is 0 Å². The number of hydrogen-bond donors (Lipinski definition) is 2. The number of nitrogens with one attached hydrogen (secondary N) is 2. The van der Waals surface area contributed by atoms with Gasteiger partial charge in [0, 0.05) is 12.2 Å². The Labute approximate surface area is 157 Å². The topological polar surface area (TPSA) is 36.5 Å². The van der Waals surface area contributed by atoms with E-state index in [0.717, 1.165) is 11.3 Å². The first-order valence-electron chi connectivity index (χ1n) is 7.71. The average Bonchev–Trinajstić information content (AvgIpc) is 2.58. The van der Waals surface area contributed by atoms with Gasteiger partial charge < -0.3 is 20.3 Å². The van der Waals surface area contributed by atoms with Gasteiger partial charge in [0.2, 0.25) is 0 Å². The number of methoxy groups -OCH3 is 1. The van der Waals surface area contributed by atoms with Gasteiger partial charge in [0.25, 0.3) is 0 Å². The molecule has 2 N–H and O–H groups in total. The molecule has 0 aliphatic rings. The molecule has 0 unspecified atom stereocenters. The van der Waals surface area contributed by atoms with Crippen LogP contribution in [-0.2, 0) is 0 Å². The summed E-state index contributed by atoms with van der Waals surface area (Å²) in [6.45, 7) is 0.598. The van der Waals surface area contributed by atoms with Crippen LogP contribution in [0.3, 0.4) is 0 Å². The Hall–Kier alpha value is -1.89. The van der Waals surface area contributed by atoms with E-state index in [9.17, 15) is 4.39 Å². The quantitative estimate of drug-likeness (QED) is 0.737. The van der Waals surface area contributed by atoms with Crippen molar-refractivity contribution in [3.8, 4) is 5.75 Å². The minimum atomic E-state index is -0.461. The maximum Gasteiger partial charge on any atom is 0.170 e. The predicted octanol–water partition coefficient (Wildman–Crippen LogP) is 4.08. The fourth-order valence-electron chi connectivity index (χ4n) is 2.39. The molecule has 2 aromatic carbocycles. The minimum Gasteiger partial charge on any atom is -0.497 e. The van der Waals surface area contributed by atoms with Crippen molar-refractivity contribution in [1.82, 2.24) is 10.2 Å². The molecule has 0 bridgehead atoms. The van der Waals surface area contributed by atoms with Crippen molar-refractivity contribution in [2.75, 3.05) is 33.1 Å². The van der Waals surface area contributed by atoms with E-state index in [-0.39, 0.29) is 11.1 Å². The maximum absolute atomic E-state index is 13.2. The highest BCUT2D eigenvalue weighted by molar-refractivity contribution is 7.80. The van der Waals surface area contributed by atoms with Gasteiger partial charge in [-0.3, -0.25) is 0 Å². The van der Waals surface area contributed by atoms with Gasteiger partial charge in [-0.15, -0.1) is 0 Å². The molecule has 0 aromatic heterocycles. The van der Waals surface area contributed by atoms with E-state index in [2.05, 4.69) is 15.5 Å². The van der Waals surface area contributed by atoms with E-state index < -0.39 is 5.82 Å². The maximum atomic E-state index is 13.2. The Bertz CT molecular complexity index is 742. The van der Waals surface area contributed by atoms with Crippen LogP contribution in [0, 0.1) is 5.82 Å². The third-order valence-corrected chi connectivity index (χ3v) is 4.27. The molecule has 0 aliphatic carbocycles. The fraction of sp³-hybridized carbons (Fsp3) is 0.278. The molecule has 1 atom stereocenters. The van der Waals surface area contributed by atoms with Crippen LogP contribution in [0.2, 0.25) is 5.02 Å². The molecule has 7 heteroatoms. The summed E-state index contributed by atoms with van der Waals surface area (Å²) in [6, 6.07) is 12.4. The average molecular weight is 382 g/mol. The summed E-state index contributed by atoms with van der Waals surface area (Å²) < 4.78 is 18.5. The Morgan fingerprint density at radius 3 is 2.68 bits per heavy atom. The number of halogens is 2. The second-order valence-electron chi connectivity index (χ2n) is 5.72. The monoisotopic (exact) mass is 381 g/mol. The summed E-state index contributed by atoms with van der Waals surface area (Å²) in [7, 11) is 5.65. The second kappa shape index (κ2) is 8.99. The Morgan fingerprint density at radius 2 is 2.04 bits per heavy atom.